The van der Waals surface area contributed by atoms with Gasteiger partial charge in [0.2, 0.25) is 0 Å². The summed E-state index contributed by atoms with van der Waals surface area (Å²) in [6.07, 6.45) is 2.12. The Morgan fingerprint density at radius 3 is 2.67 bits per heavy atom. The van der Waals surface area contributed by atoms with E-state index in [0.29, 0.717) is 17.7 Å². The number of hydrogen-bond acceptors (Lipinski definition) is 6. The van der Waals surface area contributed by atoms with Crippen LogP contribution in [-0.2, 0) is 0 Å². The van der Waals surface area contributed by atoms with E-state index in [1.165, 1.54) is 6.07 Å². The second-order valence-corrected chi connectivity index (χ2v) is 5.35. The van der Waals surface area contributed by atoms with E-state index >= 15 is 0 Å². The average Bonchev–Trinajstić information content (AvgIpc) is 2.53. The largest absolute Gasteiger partial charge is 0.373 e. The molecule has 1 fully saturated rings. The maximum absolute atomic E-state index is 11.0. The monoisotopic (exact) mass is 293 g/mol. The highest BCUT2D eigenvalue weighted by molar-refractivity contribution is 5.55. The Kier molecular flexibility index (Phi) is 4.95. The zero-order valence-electron chi connectivity index (χ0n) is 12.9. The van der Waals surface area contributed by atoms with E-state index in [2.05, 4.69) is 27.0 Å². The standard InChI is InChI=1S/C14H23N5O2/c1-4-18-7-5-11(6-8-18)17(3)14-10-12(19(20)21)9-13(15-2)16-14/h9-11H,4-8H2,1-3H3,(H,15,16). The summed E-state index contributed by atoms with van der Waals surface area (Å²) in [7, 11) is 3.69. The molecular formula is C14H23N5O2. The minimum absolute atomic E-state index is 0.0715. The van der Waals surface area contributed by atoms with Crippen LogP contribution in [0.4, 0.5) is 17.3 Å². The first-order valence-electron chi connectivity index (χ1n) is 7.34. The molecule has 0 bridgehead atoms. The predicted molar refractivity (Wildman–Crippen MR) is 84.0 cm³/mol. The van der Waals surface area contributed by atoms with E-state index < -0.39 is 0 Å². The first kappa shape index (κ1) is 15.5. The van der Waals surface area contributed by atoms with Crippen molar-refractivity contribution in [2.45, 2.75) is 25.8 Å². The first-order chi connectivity index (χ1) is 10.0. The zero-order valence-corrected chi connectivity index (χ0v) is 12.9. The van der Waals surface area contributed by atoms with Gasteiger partial charge in [-0.2, -0.15) is 0 Å². The van der Waals surface area contributed by atoms with E-state index in [-0.39, 0.29) is 10.6 Å². The Bertz CT molecular complexity index is 500. The molecule has 21 heavy (non-hydrogen) atoms. The van der Waals surface area contributed by atoms with Gasteiger partial charge in [0.15, 0.2) is 0 Å². The topological polar surface area (TPSA) is 74.5 Å². The van der Waals surface area contributed by atoms with Gasteiger partial charge < -0.3 is 15.1 Å². The summed E-state index contributed by atoms with van der Waals surface area (Å²) >= 11 is 0. The first-order valence-corrected chi connectivity index (χ1v) is 7.34. The van der Waals surface area contributed by atoms with Crippen LogP contribution in [0.15, 0.2) is 12.1 Å². The fraction of sp³-hybridized carbons (Fsp3) is 0.643. The summed E-state index contributed by atoms with van der Waals surface area (Å²) < 4.78 is 0. The molecule has 1 aliphatic rings. The van der Waals surface area contributed by atoms with Crippen molar-refractivity contribution in [3.8, 4) is 0 Å². The van der Waals surface area contributed by atoms with Crippen LogP contribution in [0, 0.1) is 10.1 Å². The van der Waals surface area contributed by atoms with Crippen molar-refractivity contribution in [3.05, 3.63) is 22.2 Å². The van der Waals surface area contributed by atoms with Gasteiger partial charge in [0.1, 0.15) is 11.6 Å². The number of likely N-dealkylation sites (tertiary alicyclic amines) is 1. The van der Waals surface area contributed by atoms with Crippen molar-refractivity contribution >= 4 is 17.3 Å². The fourth-order valence-electron chi connectivity index (χ4n) is 2.73. The summed E-state index contributed by atoms with van der Waals surface area (Å²) in [6.45, 7) is 5.39. The van der Waals surface area contributed by atoms with Crippen molar-refractivity contribution in [1.29, 1.82) is 0 Å². The molecule has 0 amide bonds. The molecule has 1 aromatic heterocycles. The molecule has 7 heteroatoms. The Hall–Kier alpha value is -1.89. The molecule has 0 atom stereocenters. The third-order valence-corrected chi connectivity index (χ3v) is 4.18. The Morgan fingerprint density at radius 2 is 2.14 bits per heavy atom. The SMILES string of the molecule is CCN1CCC(N(C)c2cc([N+](=O)[O-])cc(NC)n2)CC1. The van der Waals surface area contributed by atoms with Gasteiger partial charge in [0.05, 0.1) is 17.1 Å². The number of hydrogen-bond donors (Lipinski definition) is 1. The van der Waals surface area contributed by atoms with Crippen LogP contribution >= 0.6 is 0 Å². The van der Waals surface area contributed by atoms with E-state index in [1.54, 1.807) is 13.1 Å². The minimum atomic E-state index is -0.375. The minimum Gasteiger partial charge on any atom is -0.373 e. The van der Waals surface area contributed by atoms with Gasteiger partial charge in [0, 0.05) is 33.2 Å². The lowest BCUT2D eigenvalue weighted by Crippen LogP contribution is -2.43. The second-order valence-electron chi connectivity index (χ2n) is 5.35. The lowest BCUT2D eigenvalue weighted by atomic mass is 10.0. The third-order valence-electron chi connectivity index (χ3n) is 4.18. The summed E-state index contributed by atoms with van der Waals surface area (Å²) in [6, 6.07) is 3.39. The number of nitrogens with one attached hydrogen (secondary N) is 1. The van der Waals surface area contributed by atoms with Crippen LogP contribution in [-0.4, -0.2) is 54.6 Å². The van der Waals surface area contributed by atoms with Crippen LogP contribution < -0.4 is 10.2 Å². The van der Waals surface area contributed by atoms with E-state index in [0.717, 1.165) is 32.5 Å². The number of nitrogens with zero attached hydrogens (tertiary/aromatic N) is 4. The lowest BCUT2D eigenvalue weighted by molar-refractivity contribution is -0.384. The zero-order chi connectivity index (χ0) is 15.4. The molecule has 7 nitrogen and oxygen atoms in total. The predicted octanol–water partition coefficient (Wildman–Crippen LogP) is 1.95. The summed E-state index contributed by atoms with van der Waals surface area (Å²) in [5.41, 5.74) is 0.0715. The maximum Gasteiger partial charge on any atom is 0.276 e. The Morgan fingerprint density at radius 1 is 1.48 bits per heavy atom. The molecule has 1 aromatic rings. The molecule has 2 heterocycles. The Labute approximate surface area is 125 Å². The van der Waals surface area contributed by atoms with Gasteiger partial charge in [0.25, 0.3) is 5.69 Å². The normalized spacial score (nSPS) is 16.7. The average molecular weight is 293 g/mol. The highest BCUT2D eigenvalue weighted by Gasteiger charge is 2.24. The third kappa shape index (κ3) is 3.60. The second kappa shape index (κ2) is 6.71. The smallest absolute Gasteiger partial charge is 0.276 e. The fourth-order valence-corrected chi connectivity index (χ4v) is 2.73. The van der Waals surface area contributed by atoms with Crippen molar-refractivity contribution in [1.82, 2.24) is 9.88 Å². The molecule has 116 valence electrons. The molecular weight excluding hydrogens is 270 g/mol. The number of rotatable bonds is 5. The molecule has 0 spiro atoms. The van der Waals surface area contributed by atoms with Gasteiger partial charge in [-0.15, -0.1) is 0 Å². The lowest BCUT2D eigenvalue weighted by Gasteiger charge is -2.36. The summed E-state index contributed by atoms with van der Waals surface area (Å²) in [4.78, 5) is 19.6. The molecule has 2 rings (SSSR count). The molecule has 0 radical (unpaired) electrons. The molecule has 1 N–H and O–H groups in total. The van der Waals surface area contributed by atoms with Crippen LogP contribution in [0.5, 0.6) is 0 Å². The quantitative estimate of drug-likeness (QED) is 0.660. The van der Waals surface area contributed by atoms with Gasteiger partial charge in [-0.1, -0.05) is 6.92 Å². The molecule has 0 aromatic carbocycles. The highest BCUT2D eigenvalue weighted by atomic mass is 16.6. The van der Waals surface area contributed by atoms with Crippen LogP contribution in [0.2, 0.25) is 0 Å². The van der Waals surface area contributed by atoms with Gasteiger partial charge >= 0.3 is 0 Å². The molecule has 1 aliphatic heterocycles. The highest BCUT2D eigenvalue weighted by Crippen LogP contribution is 2.26. The van der Waals surface area contributed by atoms with E-state index in [9.17, 15) is 10.1 Å². The van der Waals surface area contributed by atoms with Gasteiger partial charge in [-0.25, -0.2) is 4.98 Å². The molecule has 0 aliphatic carbocycles. The molecule has 0 saturated carbocycles. The van der Waals surface area contributed by atoms with Crippen molar-refractivity contribution in [3.63, 3.8) is 0 Å². The van der Waals surface area contributed by atoms with E-state index in [1.807, 2.05) is 7.05 Å². The Balaban J connectivity index is 2.16. The number of aromatic nitrogens is 1. The van der Waals surface area contributed by atoms with Crippen LogP contribution in [0.1, 0.15) is 19.8 Å². The number of anilines is 2. The number of pyridine rings is 1. The van der Waals surface area contributed by atoms with Crippen LogP contribution in [0.25, 0.3) is 0 Å². The molecule has 1 saturated heterocycles. The number of piperidine rings is 1. The number of nitro groups is 1. The van der Waals surface area contributed by atoms with E-state index in [4.69, 9.17) is 0 Å². The maximum atomic E-state index is 11.0. The van der Waals surface area contributed by atoms with Crippen molar-refractivity contribution < 1.29 is 4.92 Å². The van der Waals surface area contributed by atoms with Gasteiger partial charge in [-0.05, 0) is 19.4 Å². The summed E-state index contributed by atoms with van der Waals surface area (Å²) in [5, 5.41) is 13.9. The summed E-state index contributed by atoms with van der Waals surface area (Å²) in [5.74, 6) is 1.18. The van der Waals surface area contributed by atoms with Crippen molar-refractivity contribution in [2.24, 2.45) is 0 Å². The van der Waals surface area contributed by atoms with Gasteiger partial charge in [-0.3, -0.25) is 10.1 Å². The van der Waals surface area contributed by atoms with Crippen molar-refractivity contribution in [2.75, 3.05) is 43.9 Å². The van der Waals surface area contributed by atoms with Crippen LogP contribution in [0.3, 0.4) is 0 Å². The molecule has 0 unspecified atom stereocenters.